The maximum absolute atomic E-state index is 12.8. The van der Waals surface area contributed by atoms with Crippen LogP contribution in [0, 0.1) is 5.92 Å². The molecule has 2 aromatic rings. The fourth-order valence-corrected chi connectivity index (χ4v) is 5.72. The van der Waals surface area contributed by atoms with Crippen molar-refractivity contribution >= 4 is 31.9 Å². The molecule has 2 aromatic carbocycles. The fraction of sp³-hybridized carbons (Fsp3) is 0.409. The summed E-state index contributed by atoms with van der Waals surface area (Å²) in [4.78, 5) is 12.7. The van der Waals surface area contributed by atoms with E-state index >= 15 is 0 Å². The lowest BCUT2D eigenvalue weighted by Gasteiger charge is -2.31. The zero-order valence-corrected chi connectivity index (χ0v) is 19.0. The molecule has 0 saturated carbocycles. The molecule has 0 bridgehead atoms. The van der Waals surface area contributed by atoms with E-state index in [0.29, 0.717) is 25.9 Å². The molecule has 0 radical (unpaired) electrons. The van der Waals surface area contributed by atoms with E-state index in [4.69, 9.17) is 0 Å². The highest BCUT2D eigenvalue weighted by atomic mass is 79.9. The highest BCUT2D eigenvalue weighted by Crippen LogP contribution is 2.24. The summed E-state index contributed by atoms with van der Waals surface area (Å²) < 4.78 is 27.9. The van der Waals surface area contributed by atoms with Crippen molar-refractivity contribution in [3.8, 4) is 0 Å². The molecule has 5 nitrogen and oxygen atoms in total. The van der Waals surface area contributed by atoms with Crippen LogP contribution in [-0.4, -0.2) is 31.7 Å². The Balaban J connectivity index is 1.56. The SMILES string of the molecule is CC[C@@H](NC(=O)C1CCN(S(=O)(=O)Cc2cccc(Br)c2)CC1)c1ccccc1. The third kappa shape index (κ3) is 5.90. The maximum Gasteiger partial charge on any atom is 0.223 e. The van der Waals surface area contributed by atoms with E-state index < -0.39 is 10.0 Å². The molecule has 0 aliphatic carbocycles. The number of sulfonamides is 1. The van der Waals surface area contributed by atoms with Gasteiger partial charge in [-0.2, -0.15) is 0 Å². The summed E-state index contributed by atoms with van der Waals surface area (Å²) in [6, 6.07) is 17.3. The summed E-state index contributed by atoms with van der Waals surface area (Å²) in [5.74, 6) is -0.148. The molecule has 0 aromatic heterocycles. The van der Waals surface area contributed by atoms with Crippen LogP contribution in [0.4, 0.5) is 0 Å². The van der Waals surface area contributed by atoms with Crippen LogP contribution >= 0.6 is 15.9 Å². The number of nitrogens with zero attached hydrogens (tertiary/aromatic N) is 1. The van der Waals surface area contributed by atoms with Gasteiger partial charge in [0.2, 0.25) is 15.9 Å². The third-order valence-corrected chi connectivity index (χ3v) is 7.73. The van der Waals surface area contributed by atoms with E-state index in [9.17, 15) is 13.2 Å². The largest absolute Gasteiger partial charge is 0.349 e. The Labute approximate surface area is 181 Å². The first-order chi connectivity index (χ1) is 13.9. The van der Waals surface area contributed by atoms with Gasteiger partial charge in [0.25, 0.3) is 0 Å². The van der Waals surface area contributed by atoms with Crippen LogP contribution in [0.2, 0.25) is 0 Å². The quantitative estimate of drug-likeness (QED) is 0.646. The Morgan fingerprint density at radius 2 is 1.83 bits per heavy atom. The number of hydrogen-bond donors (Lipinski definition) is 1. The highest BCUT2D eigenvalue weighted by Gasteiger charge is 2.31. The van der Waals surface area contributed by atoms with E-state index in [1.165, 1.54) is 4.31 Å². The minimum Gasteiger partial charge on any atom is -0.349 e. The van der Waals surface area contributed by atoms with Gasteiger partial charge in [0.1, 0.15) is 0 Å². The van der Waals surface area contributed by atoms with Crippen molar-refractivity contribution in [2.24, 2.45) is 5.92 Å². The van der Waals surface area contributed by atoms with Gasteiger partial charge < -0.3 is 5.32 Å². The van der Waals surface area contributed by atoms with Gasteiger partial charge >= 0.3 is 0 Å². The van der Waals surface area contributed by atoms with Crippen LogP contribution in [0.5, 0.6) is 0 Å². The van der Waals surface area contributed by atoms with Gasteiger partial charge in [0.05, 0.1) is 11.8 Å². The molecule has 0 unspecified atom stereocenters. The maximum atomic E-state index is 12.8. The lowest BCUT2D eigenvalue weighted by Crippen LogP contribution is -2.44. The minimum absolute atomic E-state index is 0.0120. The van der Waals surface area contributed by atoms with Crippen molar-refractivity contribution < 1.29 is 13.2 Å². The van der Waals surface area contributed by atoms with Gasteiger partial charge in [-0.05, 0) is 42.5 Å². The van der Waals surface area contributed by atoms with Crippen LogP contribution in [0.1, 0.15) is 43.4 Å². The summed E-state index contributed by atoms with van der Waals surface area (Å²) in [5.41, 5.74) is 1.85. The number of nitrogens with one attached hydrogen (secondary N) is 1. The Bertz CT molecular complexity index is 926. The summed E-state index contributed by atoms with van der Waals surface area (Å²) in [6.45, 7) is 2.82. The van der Waals surface area contributed by atoms with Crippen molar-refractivity contribution in [1.82, 2.24) is 9.62 Å². The Morgan fingerprint density at radius 3 is 2.45 bits per heavy atom. The molecule has 1 aliphatic rings. The van der Waals surface area contributed by atoms with Crippen molar-refractivity contribution in [3.05, 3.63) is 70.2 Å². The van der Waals surface area contributed by atoms with E-state index in [2.05, 4.69) is 28.2 Å². The van der Waals surface area contributed by atoms with Crippen LogP contribution in [0.25, 0.3) is 0 Å². The minimum atomic E-state index is -3.39. The second kappa shape index (κ2) is 9.87. The first kappa shape index (κ1) is 22.0. The van der Waals surface area contributed by atoms with Crippen LogP contribution < -0.4 is 5.32 Å². The van der Waals surface area contributed by atoms with E-state index in [1.807, 2.05) is 54.6 Å². The Morgan fingerprint density at radius 1 is 1.14 bits per heavy atom. The van der Waals surface area contributed by atoms with Crippen molar-refractivity contribution in [3.63, 3.8) is 0 Å². The zero-order chi connectivity index (χ0) is 20.9. The molecule has 3 rings (SSSR count). The molecule has 1 saturated heterocycles. The molecule has 1 heterocycles. The topological polar surface area (TPSA) is 66.5 Å². The predicted molar refractivity (Wildman–Crippen MR) is 119 cm³/mol. The first-order valence-electron chi connectivity index (χ1n) is 9.96. The fourth-order valence-electron chi connectivity index (χ4n) is 3.72. The van der Waals surface area contributed by atoms with Gasteiger partial charge in [0, 0.05) is 23.5 Å². The molecule has 0 spiro atoms. The van der Waals surface area contributed by atoms with Crippen LogP contribution in [0.3, 0.4) is 0 Å². The second-order valence-corrected chi connectivity index (χ2v) is 10.3. The summed E-state index contributed by atoms with van der Waals surface area (Å²) in [5, 5.41) is 3.14. The molecular formula is C22H27BrN2O3S. The number of benzene rings is 2. The molecule has 1 N–H and O–H groups in total. The third-order valence-electron chi connectivity index (χ3n) is 5.38. The lowest BCUT2D eigenvalue weighted by atomic mass is 9.96. The van der Waals surface area contributed by atoms with Gasteiger partial charge in [-0.25, -0.2) is 12.7 Å². The molecule has 1 fully saturated rings. The van der Waals surface area contributed by atoms with Crippen molar-refractivity contribution in [1.29, 1.82) is 0 Å². The van der Waals surface area contributed by atoms with Crippen molar-refractivity contribution in [2.75, 3.05) is 13.1 Å². The van der Waals surface area contributed by atoms with Crippen molar-refractivity contribution in [2.45, 2.75) is 38.0 Å². The van der Waals surface area contributed by atoms with Crippen LogP contribution in [-0.2, 0) is 20.6 Å². The molecule has 1 atom stereocenters. The number of carbonyl (C=O) groups excluding carboxylic acids is 1. The lowest BCUT2D eigenvalue weighted by molar-refractivity contribution is -0.126. The summed E-state index contributed by atoms with van der Waals surface area (Å²) in [6.07, 6.45) is 1.92. The molecule has 7 heteroatoms. The Kier molecular flexibility index (Phi) is 7.49. The summed E-state index contributed by atoms with van der Waals surface area (Å²) in [7, 11) is -3.39. The number of halogens is 1. The highest BCUT2D eigenvalue weighted by molar-refractivity contribution is 9.10. The normalized spacial score (nSPS) is 17.0. The summed E-state index contributed by atoms with van der Waals surface area (Å²) >= 11 is 3.38. The van der Waals surface area contributed by atoms with Gasteiger partial charge in [0.15, 0.2) is 0 Å². The standard InChI is InChI=1S/C22H27BrN2O3S/c1-2-21(18-8-4-3-5-9-18)24-22(26)19-11-13-25(14-12-19)29(27,28)16-17-7-6-10-20(23)15-17/h3-10,15,19,21H,2,11-14,16H2,1H3,(H,24,26)/t21-/m1/s1. The molecule has 1 amide bonds. The van der Waals surface area contributed by atoms with E-state index in [1.54, 1.807) is 0 Å². The smallest absolute Gasteiger partial charge is 0.223 e. The number of amides is 1. The molecule has 156 valence electrons. The number of piperidine rings is 1. The van der Waals surface area contributed by atoms with Gasteiger partial charge in [-0.3, -0.25) is 4.79 Å². The number of rotatable bonds is 7. The number of carbonyl (C=O) groups is 1. The zero-order valence-electron chi connectivity index (χ0n) is 16.6. The van der Waals surface area contributed by atoms with Gasteiger partial charge in [-0.15, -0.1) is 0 Å². The van der Waals surface area contributed by atoms with E-state index in [-0.39, 0.29) is 23.6 Å². The van der Waals surface area contributed by atoms with Crippen LogP contribution in [0.15, 0.2) is 59.1 Å². The predicted octanol–water partition coefficient (Wildman–Crippen LogP) is 4.26. The molecule has 1 aliphatic heterocycles. The average Bonchev–Trinajstić information content (AvgIpc) is 2.72. The first-order valence-corrected chi connectivity index (χ1v) is 12.4. The van der Waals surface area contributed by atoms with Gasteiger partial charge in [-0.1, -0.05) is 65.3 Å². The number of hydrogen-bond acceptors (Lipinski definition) is 3. The average molecular weight is 479 g/mol. The van der Waals surface area contributed by atoms with E-state index in [0.717, 1.165) is 22.0 Å². The monoisotopic (exact) mass is 478 g/mol. The molecular weight excluding hydrogens is 452 g/mol. The Hall–Kier alpha value is -1.70. The molecule has 29 heavy (non-hydrogen) atoms. The second-order valence-electron chi connectivity index (χ2n) is 7.44.